The predicted molar refractivity (Wildman–Crippen MR) is 146 cm³/mol. The monoisotopic (exact) mass is 546 g/mol. The van der Waals surface area contributed by atoms with Gasteiger partial charge in [0.2, 0.25) is 5.89 Å². The van der Waals surface area contributed by atoms with Crippen LogP contribution >= 0.6 is 0 Å². The molecule has 0 radical (unpaired) electrons. The van der Waals surface area contributed by atoms with E-state index in [4.69, 9.17) is 13.9 Å². The van der Waals surface area contributed by atoms with Crippen LogP contribution in [0.25, 0.3) is 0 Å². The van der Waals surface area contributed by atoms with E-state index in [0.717, 1.165) is 42.0 Å². The van der Waals surface area contributed by atoms with E-state index in [1.165, 1.54) is 0 Å². The number of anilines is 2. The van der Waals surface area contributed by atoms with Crippen LogP contribution in [-0.2, 0) is 16.0 Å². The highest BCUT2D eigenvalue weighted by molar-refractivity contribution is 5.69. The SMILES string of the molecule is Cc1cc(CN2CCN(C(=O)OC(C)C)[C@@H](C)C2)c(C)c(Nc2nnc(C(CO)NC(=O)OC(C)(C)C)o2)c1. The molecule has 39 heavy (non-hydrogen) atoms. The zero-order valence-electron chi connectivity index (χ0n) is 24.2. The van der Waals surface area contributed by atoms with Gasteiger partial charge in [-0.1, -0.05) is 11.2 Å². The number of alkyl carbamates (subject to hydrolysis) is 1. The molecule has 2 atom stereocenters. The van der Waals surface area contributed by atoms with Crippen molar-refractivity contribution in [3.63, 3.8) is 0 Å². The molecule has 12 heteroatoms. The molecular formula is C27H42N6O6. The number of ether oxygens (including phenoxy) is 2. The van der Waals surface area contributed by atoms with Crippen LogP contribution in [0.4, 0.5) is 21.3 Å². The fourth-order valence-electron chi connectivity index (χ4n) is 4.36. The summed E-state index contributed by atoms with van der Waals surface area (Å²) < 4.78 is 16.3. The molecule has 216 valence electrons. The third-order valence-corrected chi connectivity index (χ3v) is 6.19. The lowest BCUT2D eigenvalue weighted by atomic mass is 10.0. The summed E-state index contributed by atoms with van der Waals surface area (Å²) in [7, 11) is 0. The van der Waals surface area contributed by atoms with Gasteiger partial charge in [-0.2, -0.15) is 0 Å². The average molecular weight is 547 g/mol. The van der Waals surface area contributed by atoms with Crippen LogP contribution in [0, 0.1) is 13.8 Å². The number of aryl methyl sites for hydroxylation is 1. The van der Waals surface area contributed by atoms with E-state index in [9.17, 15) is 14.7 Å². The number of carbonyl (C=O) groups excluding carboxylic acids is 2. The minimum Gasteiger partial charge on any atom is -0.447 e. The number of nitrogens with zero attached hydrogens (tertiary/aromatic N) is 4. The molecule has 2 aromatic rings. The van der Waals surface area contributed by atoms with Crippen LogP contribution in [0.1, 0.15) is 70.2 Å². The summed E-state index contributed by atoms with van der Waals surface area (Å²) in [6.45, 7) is 17.4. The molecular weight excluding hydrogens is 504 g/mol. The molecule has 1 aromatic carbocycles. The Morgan fingerprint density at radius 2 is 1.92 bits per heavy atom. The first-order valence-corrected chi connectivity index (χ1v) is 13.3. The van der Waals surface area contributed by atoms with E-state index in [2.05, 4.69) is 31.8 Å². The van der Waals surface area contributed by atoms with Gasteiger partial charge in [0, 0.05) is 37.9 Å². The minimum atomic E-state index is -0.907. The molecule has 3 N–H and O–H groups in total. The third kappa shape index (κ3) is 8.56. The van der Waals surface area contributed by atoms with Crippen molar-refractivity contribution >= 4 is 23.9 Å². The fourth-order valence-corrected chi connectivity index (χ4v) is 4.36. The molecule has 2 heterocycles. The van der Waals surface area contributed by atoms with E-state index in [1.807, 2.05) is 40.7 Å². The number of aromatic nitrogens is 2. The van der Waals surface area contributed by atoms with Crippen molar-refractivity contribution in [2.45, 2.75) is 85.7 Å². The number of carbonyl (C=O) groups is 2. The van der Waals surface area contributed by atoms with Crippen LogP contribution in [0.3, 0.4) is 0 Å². The van der Waals surface area contributed by atoms with Gasteiger partial charge in [-0.3, -0.25) is 4.90 Å². The Kier molecular flexibility index (Phi) is 9.78. The van der Waals surface area contributed by atoms with Gasteiger partial charge in [-0.05, 0) is 78.1 Å². The number of aliphatic hydroxyl groups excluding tert-OH is 1. The van der Waals surface area contributed by atoms with E-state index in [-0.39, 0.29) is 30.1 Å². The van der Waals surface area contributed by atoms with Crippen molar-refractivity contribution < 1.29 is 28.6 Å². The fraction of sp³-hybridized carbons (Fsp3) is 0.630. The van der Waals surface area contributed by atoms with E-state index in [0.29, 0.717) is 6.54 Å². The normalized spacial score (nSPS) is 17.2. The van der Waals surface area contributed by atoms with Crippen molar-refractivity contribution in [2.24, 2.45) is 0 Å². The molecule has 0 spiro atoms. The number of hydrogen-bond donors (Lipinski definition) is 3. The van der Waals surface area contributed by atoms with Crippen LogP contribution in [0.15, 0.2) is 16.5 Å². The lowest BCUT2D eigenvalue weighted by Gasteiger charge is -2.39. The van der Waals surface area contributed by atoms with Gasteiger partial charge in [0.25, 0.3) is 0 Å². The van der Waals surface area contributed by atoms with Gasteiger partial charge < -0.3 is 34.5 Å². The second-order valence-corrected chi connectivity index (χ2v) is 11.3. The number of piperazine rings is 1. The molecule has 1 aromatic heterocycles. The van der Waals surface area contributed by atoms with Crippen LogP contribution in [-0.4, -0.2) is 81.3 Å². The van der Waals surface area contributed by atoms with Gasteiger partial charge in [0.15, 0.2) is 0 Å². The quantitative estimate of drug-likeness (QED) is 0.444. The van der Waals surface area contributed by atoms with Crippen molar-refractivity contribution in [1.82, 2.24) is 25.3 Å². The highest BCUT2D eigenvalue weighted by Crippen LogP contribution is 2.27. The molecule has 0 saturated carbocycles. The molecule has 1 aliphatic rings. The summed E-state index contributed by atoms with van der Waals surface area (Å²) >= 11 is 0. The Morgan fingerprint density at radius 1 is 1.21 bits per heavy atom. The second-order valence-electron chi connectivity index (χ2n) is 11.3. The third-order valence-electron chi connectivity index (χ3n) is 6.19. The zero-order valence-corrected chi connectivity index (χ0v) is 24.2. The summed E-state index contributed by atoms with van der Waals surface area (Å²) in [6.07, 6.45) is -1.10. The van der Waals surface area contributed by atoms with Crippen LogP contribution in [0.2, 0.25) is 0 Å². The molecule has 1 saturated heterocycles. The average Bonchev–Trinajstić information content (AvgIpc) is 3.27. The van der Waals surface area contributed by atoms with Gasteiger partial charge in [0.1, 0.15) is 11.6 Å². The number of rotatable bonds is 8. The first kappa shape index (κ1) is 30.2. The van der Waals surface area contributed by atoms with Gasteiger partial charge in [0.05, 0.1) is 12.7 Å². The number of nitrogens with one attached hydrogen (secondary N) is 2. The topological polar surface area (TPSA) is 142 Å². The van der Waals surface area contributed by atoms with Crippen LogP contribution in [0.5, 0.6) is 0 Å². The minimum absolute atomic E-state index is 0.0401. The number of amides is 2. The first-order chi connectivity index (χ1) is 18.3. The molecule has 12 nitrogen and oxygen atoms in total. The maximum Gasteiger partial charge on any atom is 0.410 e. The van der Waals surface area contributed by atoms with E-state index in [1.54, 1.807) is 25.7 Å². The number of aliphatic hydroxyl groups is 1. The molecule has 2 amide bonds. The molecule has 1 aliphatic heterocycles. The maximum absolute atomic E-state index is 12.4. The van der Waals surface area contributed by atoms with Gasteiger partial charge in [-0.25, -0.2) is 9.59 Å². The molecule has 0 aliphatic carbocycles. The Bertz CT molecular complexity index is 1140. The van der Waals surface area contributed by atoms with Gasteiger partial charge >= 0.3 is 18.2 Å². The summed E-state index contributed by atoms with van der Waals surface area (Å²) in [5.74, 6) is 0.0549. The zero-order chi connectivity index (χ0) is 28.9. The molecule has 3 rings (SSSR count). The molecule has 1 unspecified atom stereocenters. The van der Waals surface area contributed by atoms with Crippen molar-refractivity contribution in [3.8, 4) is 0 Å². The van der Waals surface area contributed by atoms with Crippen molar-refractivity contribution in [1.29, 1.82) is 0 Å². The maximum atomic E-state index is 12.4. The Hall–Kier alpha value is -3.38. The summed E-state index contributed by atoms with van der Waals surface area (Å²) in [4.78, 5) is 28.6. The van der Waals surface area contributed by atoms with Crippen molar-refractivity contribution in [3.05, 3.63) is 34.7 Å². The highest BCUT2D eigenvalue weighted by atomic mass is 16.6. The second kappa shape index (κ2) is 12.6. The molecule has 1 fully saturated rings. The van der Waals surface area contributed by atoms with Crippen LogP contribution < -0.4 is 10.6 Å². The van der Waals surface area contributed by atoms with Gasteiger partial charge in [-0.15, -0.1) is 5.10 Å². The Labute approximate surface area is 230 Å². The van der Waals surface area contributed by atoms with Crippen molar-refractivity contribution in [2.75, 3.05) is 31.6 Å². The highest BCUT2D eigenvalue weighted by Gasteiger charge is 2.29. The van der Waals surface area contributed by atoms with E-state index < -0.39 is 24.3 Å². The first-order valence-electron chi connectivity index (χ1n) is 13.3. The summed E-state index contributed by atoms with van der Waals surface area (Å²) in [6, 6.07) is 3.41. The summed E-state index contributed by atoms with van der Waals surface area (Å²) in [5.41, 5.74) is 3.36. The smallest absolute Gasteiger partial charge is 0.410 e. The largest absolute Gasteiger partial charge is 0.447 e. The number of benzene rings is 1. The Balaban J connectivity index is 1.67. The lowest BCUT2D eigenvalue weighted by Crippen LogP contribution is -2.54. The molecule has 0 bridgehead atoms. The predicted octanol–water partition coefficient (Wildman–Crippen LogP) is 4.04. The summed E-state index contributed by atoms with van der Waals surface area (Å²) in [5, 5.41) is 23.5. The number of hydrogen-bond acceptors (Lipinski definition) is 10. The Morgan fingerprint density at radius 3 is 2.54 bits per heavy atom. The lowest BCUT2D eigenvalue weighted by molar-refractivity contribution is 0.0348. The standard InChI is InChI=1S/C27H42N6O6/c1-16(2)37-26(36)33-10-9-32(13-18(33)4)14-20-11-17(3)12-21(19(20)5)28-24-31-30-23(38-24)22(15-34)29-25(35)39-27(6,7)8/h11-12,16,18,22,34H,9-10,13-15H2,1-8H3,(H,28,31)(H,29,35)/t18-,22?/m0/s1. The van der Waals surface area contributed by atoms with E-state index >= 15 is 0 Å².